The SMILES string of the molecule is O=C(Cc1ccc(O)cc1)c1c(O)cccc1O. The Hall–Kier alpha value is -2.49. The molecule has 2 aromatic rings. The summed E-state index contributed by atoms with van der Waals surface area (Å²) in [4.78, 5) is 12.0. The molecule has 0 amide bonds. The average Bonchev–Trinajstić information content (AvgIpc) is 2.32. The molecule has 0 aliphatic carbocycles. The van der Waals surface area contributed by atoms with Gasteiger partial charge in [-0.05, 0) is 29.8 Å². The van der Waals surface area contributed by atoms with Gasteiger partial charge < -0.3 is 15.3 Å². The number of carbonyl (C=O) groups is 1. The van der Waals surface area contributed by atoms with Crippen LogP contribution < -0.4 is 0 Å². The molecule has 0 aromatic heterocycles. The maximum atomic E-state index is 12.0. The molecule has 0 radical (unpaired) electrons. The Kier molecular flexibility index (Phi) is 3.19. The van der Waals surface area contributed by atoms with Gasteiger partial charge in [0.1, 0.15) is 22.8 Å². The molecule has 0 bridgehead atoms. The van der Waals surface area contributed by atoms with E-state index in [2.05, 4.69) is 0 Å². The molecule has 92 valence electrons. The first kappa shape index (κ1) is 12.0. The van der Waals surface area contributed by atoms with E-state index in [-0.39, 0.29) is 35.0 Å². The monoisotopic (exact) mass is 244 g/mol. The number of benzene rings is 2. The van der Waals surface area contributed by atoms with E-state index in [0.717, 1.165) is 0 Å². The molecule has 0 saturated carbocycles. The van der Waals surface area contributed by atoms with Crippen molar-refractivity contribution in [3.63, 3.8) is 0 Å². The zero-order valence-electron chi connectivity index (χ0n) is 9.50. The van der Waals surface area contributed by atoms with Crippen LogP contribution in [0.5, 0.6) is 17.2 Å². The second kappa shape index (κ2) is 4.79. The Morgan fingerprint density at radius 2 is 1.44 bits per heavy atom. The van der Waals surface area contributed by atoms with Crippen LogP contribution in [0.3, 0.4) is 0 Å². The molecule has 0 unspecified atom stereocenters. The Morgan fingerprint density at radius 3 is 2.00 bits per heavy atom. The van der Waals surface area contributed by atoms with Gasteiger partial charge in [0.15, 0.2) is 5.78 Å². The predicted molar refractivity (Wildman–Crippen MR) is 65.9 cm³/mol. The number of hydrogen-bond donors (Lipinski definition) is 3. The third-order valence-electron chi connectivity index (χ3n) is 2.60. The van der Waals surface area contributed by atoms with E-state index in [1.165, 1.54) is 30.3 Å². The van der Waals surface area contributed by atoms with Crippen molar-refractivity contribution >= 4 is 5.78 Å². The molecular formula is C14H12O4. The number of rotatable bonds is 3. The Bertz CT molecular complexity index is 553. The molecule has 2 rings (SSSR count). The molecule has 0 heterocycles. The van der Waals surface area contributed by atoms with Gasteiger partial charge in [0.05, 0.1) is 0 Å². The minimum absolute atomic E-state index is 0.0470. The Balaban J connectivity index is 2.25. The van der Waals surface area contributed by atoms with Crippen LogP contribution >= 0.6 is 0 Å². The molecular weight excluding hydrogens is 232 g/mol. The van der Waals surface area contributed by atoms with Crippen LogP contribution in [-0.2, 0) is 6.42 Å². The lowest BCUT2D eigenvalue weighted by Gasteiger charge is -2.06. The predicted octanol–water partition coefficient (Wildman–Crippen LogP) is 2.23. The highest BCUT2D eigenvalue weighted by atomic mass is 16.3. The van der Waals surface area contributed by atoms with Gasteiger partial charge in [-0.15, -0.1) is 0 Å². The maximum Gasteiger partial charge on any atom is 0.174 e. The lowest BCUT2D eigenvalue weighted by Crippen LogP contribution is -2.04. The van der Waals surface area contributed by atoms with Crippen LogP contribution in [0.15, 0.2) is 42.5 Å². The third kappa shape index (κ3) is 2.43. The fraction of sp³-hybridized carbons (Fsp3) is 0.0714. The quantitative estimate of drug-likeness (QED) is 0.723. The molecule has 3 N–H and O–H groups in total. The number of ketones is 1. The van der Waals surface area contributed by atoms with Crippen LogP contribution in [0.4, 0.5) is 0 Å². The van der Waals surface area contributed by atoms with Gasteiger partial charge in [0, 0.05) is 6.42 Å². The molecule has 4 heteroatoms. The van der Waals surface area contributed by atoms with E-state index in [4.69, 9.17) is 5.11 Å². The Morgan fingerprint density at radius 1 is 0.889 bits per heavy atom. The molecule has 0 atom stereocenters. The summed E-state index contributed by atoms with van der Waals surface area (Å²) < 4.78 is 0. The van der Waals surface area contributed by atoms with Gasteiger partial charge in [-0.3, -0.25) is 4.79 Å². The summed E-state index contributed by atoms with van der Waals surface area (Å²) >= 11 is 0. The highest BCUT2D eigenvalue weighted by Gasteiger charge is 2.16. The van der Waals surface area contributed by atoms with Gasteiger partial charge in [0.25, 0.3) is 0 Å². The average molecular weight is 244 g/mol. The number of Topliss-reactive ketones (excluding diaryl/α,β-unsaturated/α-hetero) is 1. The number of aromatic hydroxyl groups is 3. The fourth-order valence-corrected chi connectivity index (χ4v) is 1.70. The minimum Gasteiger partial charge on any atom is -0.508 e. The number of phenols is 3. The smallest absolute Gasteiger partial charge is 0.174 e. The van der Waals surface area contributed by atoms with Crippen LogP contribution in [0.2, 0.25) is 0 Å². The standard InChI is InChI=1S/C14H12O4/c15-10-6-4-9(5-7-10)8-13(18)14-11(16)2-1-3-12(14)17/h1-7,15-17H,8H2. The molecule has 0 spiro atoms. The van der Waals surface area contributed by atoms with Crippen LogP contribution in [0.25, 0.3) is 0 Å². The maximum absolute atomic E-state index is 12.0. The van der Waals surface area contributed by atoms with Crippen molar-refractivity contribution in [3.8, 4) is 17.2 Å². The van der Waals surface area contributed by atoms with Gasteiger partial charge in [-0.2, -0.15) is 0 Å². The molecule has 0 fully saturated rings. The molecule has 0 aliphatic rings. The van der Waals surface area contributed by atoms with Crippen molar-refractivity contribution in [1.82, 2.24) is 0 Å². The zero-order valence-corrected chi connectivity index (χ0v) is 9.50. The molecule has 18 heavy (non-hydrogen) atoms. The summed E-state index contributed by atoms with van der Waals surface area (Å²) in [5.41, 5.74) is 0.617. The van der Waals surface area contributed by atoms with Crippen molar-refractivity contribution < 1.29 is 20.1 Å². The zero-order chi connectivity index (χ0) is 13.1. The molecule has 4 nitrogen and oxygen atoms in total. The van der Waals surface area contributed by atoms with E-state index in [0.29, 0.717) is 5.56 Å². The lowest BCUT2D eigenvalue weighted by molar-refractivity contribution is 0.0987. The highest BCUT2D eigenvalue weighted by Crippen LogP contribution is 2.27. The first-order valence-corrected chi connectivity index (χ1v) is 5.40. The van der Waals surface area contributed by atoms with E-state index >= 15 is 0 Å². The van der Waals surface area contributed by atoms with E-state index in [9.17, 15) is 15.0 Å². The normalized spacial score (nSPS) is 10.2. The first-order valence-electron chi connectivity index (χ1n) is 5.40. The first-order chi connectivity index (χ1) is 8.58. The van der Waals surface area contributed by atoms with Crippen LogP contribution in [0.1, 0.15) is 15.9 Å². The largest absolute Gasteiger partial charge is 0.508 e. The fourth-order valence-electron chi connectivity index (χ4n) is 1.70. The van der Waals surface area contributed by atoms with Gasteiger partial charge in [-0.1, -0.05) is 18.2 Å². The number of phenolic OH excluding ortho intramolecular Hbond substituents is 3. The Labute approximate surface area is 104 Å². The van der Waals surface area contributed by atoms with Gasteiger partial charge in [0.2, 0.25) is 0 Å². The summed E-state index contributed by atoms with van der Waals surface area (Å²) in [6.07, 6.45) is 0.0470. The van der Waals surface area contributed by atoms with Crippen LogP contribution in [-0.4, -0.2) is 21.1 Å². The molecule has 0 saturated heterocycles. The van der Waals surface area contributed by atoms with Crippen molar-refractivity contribution in [2.24, 2.45) is 0 Å². The summed E-state index contributed by atoms with van der Waals surface area (Å²) in [7, 11) is 0. The summed E-state index contributed by atoms with van der Waals surface area (Å²) in [5.74, 6) is -0.731. The van der Waals surface area contributed by atoms with Crippen molar-refractivity contribution in [3.05, 3.63) is 53.6 Å². The van der Waals surface area contributed by atoms with Crippen molar-refractivity contribution in [2.45, 2.75) is 6.42 Å². The topological polar surface area (TPSA) is 77.8 Å². The summed E-state index contributed by atoms with van der Waals surface area (Å²) in [5, 5.41) is 28.3. The van der Waals surface area contributed by atoms with E-state index in [1.807, 2.05) is 0 Å². The number of hydrogen-bond acceptors (Lipinski definition) is 4. The summed E-state index contributed by atoms with van der Waals surface area (Å²) in [6.45, 7) is 0. The van der Waals surface area contributed by atoms with E-state index < -0.39 is 0 Å². The van der Waals surface area contributed by atoms with Crippen molar-refractivity contribution in [1.29, 1.82) is 0 Å². The minimum atomic E-state index is -0.378. The second-order valence-electron chi connectivity index (χ2n) is 3.94. The highest BCUT2D eigenvalue weighted by molar-refractivity contribution is 6.02. The van der Waals surface area contributed by atoms with Crippen LogP contribution in [0, 0.1) is 0 Å². The second-order valence-corrected chi connectivity index (χ2v) is 3.94. The van der Waals surface area contributed by atoms with Crippen molar-refractivity contribution in [2.75, 3.05) is 0 Å². The summed E-state index contributed by atoms with van der Waals surface area (Å²) in [6, 6.07) is 10.4. The third-order valence-corrected chi connectivity index (χ3v) is 2.60. The van der Waals surface area contributed by atoms with Gasteiger partial charge in [-0.25, -0.2) is 0 Å². The molecule has 2 aromatic carbocycles. The van der Waals surface area contributed by atoms with E-state index in [1.54, 1.807) is 12.1 Å². The number of carbonyl (C=O) groups excluding carboxylic acids is 1. The molecule has 0 aliphatic heterocycles. The van der Waals surface area contributed by atoms with Gasteiger partial charge >= 0.3 is 0 Å². The lowest BCUT2D eigenvalue weighted by atomic mass is 10.0.